The van der Waals surface area contributed by atoms with Crippen molar-refractivity contribution in [2.75, 3.05) is 11.9 Å². The Hall–Kier alpha value is -0.0500. The van der Waals surface area contributed by atoms with Crippen molar-refractivity contribution in [1.29, 1.82) is 0 Å². The van der Waals surface area contributed by atoms with Gasteiger partial charge in [0, 0.05) is 24.3 Å². The average molecular weight is 276 g/mol. The lowest BCUT2D eigenvalue weighted by atomic mass is 10.1. The number of halogens is 1. The van der Waals surface area contributed by atoms with Gasteiger partial charge in [0.2, 0.25) is 5.91 Å². The van der Waals surface area contributed by atoms with Crippen molar-refractivity contribution in [2.24, 2.45) is 0 Å². The predicted octanol–water partition coefficient (Wildman–Crippen LogP) is 3.34. The Labute approximate surface area is 102 Å². The molecule has 0 heterocycles. The molecule has 1 aliphatic carbocycles. The number of rotatable bonds is 6. The van der Waals surface area contributed by atoms with E-state index < -0.39 is 0 Å². The van der Waals surface area contributed by atoms with Crippen LogP contribution >= 0.6 is 15.9 Å². The first kappa shape index (κ1) is 13.0. The summed E-state index contributed by atoms with van der Waals surface area (Å²) in [7, 11) is 0. The van der Waals surface area contributed by atoms with Crippen molar-refractivity contribution >= 4 is 21.8 Å². The van der Waals surface area contributed by atoms with Crippen LogP contribution in [0.2, 0.25) is 0 Å². The quantitative estimate of drug-likeness (QED) is 0.538. The van der Waals surface area contributed by atoms with Gasteiger partial charge in [-0.05, 0) is 32.6 Å². The molecule has 15 heavy (non-hydrogen) atoms. The summed E-state index contributed by atoms with van der Waals surface area (Å²) in [5.74, 6) is 0.366. The van der Waals surface area contributed by atoms with Crippen LogP contribution in [0, 0.1) is 0 Å². The van der Waals surface area contributed by atoms with Crippen LogP contribution in [0.15, 0.2) is 0 Å². The molecule has 0 aliphatic heterocycles. The van der Waals surface area contributed by atoms with Gasteiger partial charge in [0.25, 0.3) is 0 Å². The maximum absolute atomic E-state index is 11.9. The van der Waals surface area contributed by atoms with Crippen LogP contribution in [0.5, 0.6) is 0 Å². The van der Waals surface area contributed by atoms with Crippen LogP contribution < -0.4 is 0 Å². The third-order valence-corrected chi connectivity index (χ3v) is 3.76. The van der Waals surface area contributed by atoms with E-state index in [-0.39, 0.29) is 0 Å². The minimum atomic E-state index is 0.366. The molecule has 88 valence electrons. The molecule has 0 spiro atoms. The molecule has 0 unspecified atom stereocenters. The van der Waals surface area contributed by atoms with Crippen LogP contribution in [0.1, 0.15) is 51.9 Å². The summed E-state index contributed by atoms with van der Waals surface area (Å²) < 4.78 is 0. The van der Waals surface area contributed by atoms with E-state index in [0.717, 1.165) is 31.1 Å². The van der Waals surface area contributed by atoms with Gasteiger partial charge in [-0.3, -0.25) is 4.79 Å². The molecule has 0 radical (unpaired) electrons. The standard InChI is InChI=1S/C12H22BrNO/c1-2-14(11-7-3-4-8-11)12(15)9-5-6-10-13/h11H,2-10H2,1H3. The van der Waals surface area contributed by atoms with Gasteiger partial charge in [-0.15, -0.1) is 0 Å². The fraction of sp³-hybridized carbons (Fsp3) is 0.917. The first-order valence-electron chi connectivity index (χ1n) is 6.15. The lowest BCUT2D eigenvalue weighted by Crippen LogP contribution is -2.38. The Bertz CT molecular complexity index is 190. The smallest absolute Gasteiger partial charge is 0.222 e. The third kappa shape index (κ3) is 4.13. The van der Waals surface area contributed by atoms with Crippen LogP contribution in [0.25, 0.3) is 0 Å². The van der Waals surface area contributed by atoms with Crippen molar-refractivity contribution in [3.63, 3.8) is 0 Å². The number of unbranched alkanes of at least 4 members (excludes halogenated alkanes) is 1. The van der Waals surface area contributed by atoms with E-state index in [4.69, 9.17) is 0 Å². The normalized spacial score (nSPS) is 16.9. The van der Waals surface area contributed by atoms with Gasteiger partial charge < -0.3 is 4.90 Å². The highest BCUT2D eigenvalue weighted by molar-refractivity contribution is 9.09. The minimum absolute atomic E-state index is 0.366. The number of carbonyl (C=O) groups excluding carboxylic acids is 1. The van der Waals surface area contributed by atoms with E-state index in [1.165, 1.54) is 25.7 Å². The summed E-state index contributed by atoms with van der Waals surface area (Å²) in [6.07, 6.45) is 7.90. The van der Waals surface area contributed by atoms with E-state index >= 15 is 0 Å². The van der Waals surface area contributed by atoms with Crippen molar-refractivity contribution in [3.8, 4) is 0 Å². The van der Waals surface area contributed by atoms with Crippen LogP contribution in [0.3, 0.4) is 0 Å². The molecular weight excluding hydrogens is 254 g/mol. The second-order valence-corrected chi connectivity index (χ2v) is 5.06. The lowest BCUT2D eigenvalue weighted by molar-refractivity contribution is -0.133. The fourth-order valence-electron chi connectivity index (χ4n) is 2.37. The molecule has 1 amide bonds. The van der Waals surface area contributed by atoms with Crippen molar-refractivity contribution in [1.82, 2.24) is 4.90 Å². The fourth-order valence-corrected chi connectivity index (χ4v) is 2.76. The maximum Gasteiger partial charge on any atom is 0.222 e. The summed E-state index contributed by atoms with van der Waals surface area (Å²) in [6, 6.07) is 0.548. The lowest BCUT2D eigenvalue weighted by Gasteiger charge is -2.27. The van der Waals surface area contributed by atoms with E-state index in [9.17, 15) is 4.79 Å². The summed E-state index contributed by atoms with van der Waals surface area (Å²) in [4.78, 5) is 14.0. The van der Waals surface area contributed by atoms with Gasteiger partial charge in [-0.2, -0.15) is 0 Å². The number of carbonyl (C=O) groups is 1. The van der Waals surface area contributed by atoms with E-state index in [1.54, 1.807) is 0 Å². The zero-order valence-electron chi connectivity index (χ0n) is 9.67. The number of hydrogen-bond acceptors (Lipinski definition) is 1. The molecule has 0 aromatic carbocycles. The van der Waals surface area contributed by atoms with Gasteiger partial charge in [0.1, 0.15) is 0 Å². The maximum atomic E-state index is 11.9. The van der Waals surface area contributed by atoms with Gasteiger partial charge in [-0.1, -0.05) is 28.8 Å². The largest absolute Gasteiger partial charge is 0.340 e. The van der Waals surface area contributed by atoms with Crippen molar-refractivity contribution < 1.29 is 4.79 Å². The van der Waals surface area contributed by atoms with Gasteiger partial charge in [0.15, 0.2) is 0 Å². The summed E-state index contributed by atoms with van der Waals surface area (Å²) in [5.41, 5.74) is 0. The molecule has 2 nitrogen and oxygen atoms in total. The van der Waals surface area contributed by atoms with E-state index in [1.807, 2.05) is 0 Å². The summed E-state index contributed by atoms with van der Waals surface area (Å²) in [5, 5.41) is 1.01. The highest BCUT2D eigenvalue weighted by Crippen LogP contribution is 2.24. The molecule has 0 saturated heterocycles. The predicted molar refractivity (Wildman–Crippen MR) is 67.3 cm³/mol. The Morgan fingerprint density at radius 1 is 1.33 bits per heavy atom. The Morgan fingerprint density at radius 2 is 2.00 bits per heavy atom. The highest BCUT2D eigenvalue weighted by Gasteiger charge is 2.24. The molecule has 0 atom stereocenters. The molecule has 0 aromatic heterocycles. The topological polar surface area (TPSA) is 20.3 Å². The van der Waals surface area contributed by atoms with Gasteiger partial charge in [0.05, 0.1) is 0 Å². The molecule has 0 bridgehead atoms. The van der Waals surface area contributed by atoms with E-state index in [2.05, 4.69) is 27.8 Å². The SMILES string of the molecule is CCN(C(=O)CCCCBr)C1CCCC1. The Balaban J connectivity index is 2.32. The monoisotopic (exact) mass is 275 g/mol. The molecule has 0 aromatic rings. The molecule has 0 N–H and O–H groups in total. The van der Waals surface area contributed by atoms with Crippen molar-refractivity contribution in [3.05, 3.63) is 0 Å². The molecule has 1 saturated carbocycles. The minimum Gasteiger partial charge on any atom is -0.340 e. The Kier molecular flexibility index (Phi) is 6.30. The van der Waals surface area contributed by atoms with Crippen LogP contribution in [-0.4, -0.2) is 28.7 Å². The second kappa shape index (κ2) is 7.26. The van der Waals surface area contributed by atoms with Crippen LogP contribution in [0.4, 0.5) is 0 Å². The summed E-state index contributed by atoms with van der Waals surface area (Å²) in [6.45, 7) is 2.98. The number of hydrogen-bond donors (Lipinski definition) is 0. The first-order chi connectivity index (χ1) is 7.29. The molecule has 1 fully saturated rings. The number of alkyl halides is 1. The summed E-state index contributed by atoms with van der Waals surface area (Å²) >= 11 is 3.39. The van der Waals surface area contributed by atoms with Gasteiger partial charge in [-0.25, -0.2) is 0 Å². The molecule has 1 aliphatic rings. The zero-order valence-corrected chi connectivity index (χ0v) is 11.3. The third-order valence-electron chi connectivity index (χ3n) is 3.20. The van der Waals surface area contributed by atoms with E-state index in [0.29, 0.717) is 11.9 Å². The number of amides is 1. The van der Waals surface area contributed by atoms with Crippen molar-refractivity contribution in [2.45, 2.75) is 57.9 Å². The molecule has 1 rings (SSSR count). The highest BCUT2D eigenvalue weighted by atomic mass is 79.9. The average Bonchev–Trinajstić information content (AvgIpc) is 2.73. The molecular formula is C12H22BrNO. The molecule has 3 heteroatoms. The second-order valence-electron chi connectivity index (χ2n) is 4.26. The zero-order chi connectivity index (χ0) is 11.1. The van der Waals surface area contributed by atoms with Gasteiger partial charge >= 0.3 is 0 Å². The first-order valence-corrected chi connectivity index (χ1v) is 7.27. The number of nitrogens with zero attached hydrogens (tertiary/aromatic N) is 1. The Morgan fingerprint density at radius 3 is 2.53 bits per heavy atom. The van der Waals surface area contributed by atoms with Crippen LogP contribution in [-0.2, 0) is 4.79 Å².